The molecule has 0 bridgehead atoms. The number of rotatable bonds is 1. The molecule has 72 valence electrons. The molecule has 0 radical (unpaired) electrons. The van der Waals surface area contributed by atoms with Crippen molar-refractivity contribution in [2.45, 2.75) is 0 Å². The molecule has 0 spiro atoms. The number of fused-ring (bicyclic) bond motifs is 1. The average Bonchev–Trinajstić information content (AvgIpc) is 2.16. The van der Waals surface area contributed by atoms with Crippen LogP contribution in [0.15, 0.2) is 27.7 Å². The van der Waals surface area contributed by atoms with Crippen LogP contribution in [-0.4, -0.2) is 17.1 Å². The van der Waals surface area contributed by atoms with Crippen LogP contribution in [0.3, 0.4) is 0 Å². The Bertz CT molecular complexity index is 536. The first-order valence-corrected chi connectivity index (χ1v) is 4.73. The minimum Gasteiger partial charge on any atom is -0.497 e. The molecule has 14 heavy (non-hydrogen) atoms. The summed E-state index contributed by atoms with van der Waals surface area (Å²) in [4.78, 5) is 18.1. The van der Waals surface area contributed by atoms with Gasteiger partial charge in [-0.25, -0.2) is 4.98 Å². The van der Waals surface area contributed by atoms with Gasteiger partial charge >= 0.3 is 0 Å². The van der Waals surface area contributed by atoms with E-state index in [4.69, 9.17) is 4.74 Å². The summed E-state index contributed by atoms with van der Waals surface area (Å²) >= 11 is 3.12. The van der Waals surface area contributed by atoms with Crippen LogP contribution in [0, 0.1) is 0 Å². The number of ether oxygens (including phenoxy) is 1. The van der Waals surface area contributed by atoms with Gasteiger partial charge in [-0.1, -0.05) is 0 Å². The van der Waals surface area contributed by atoms with Crippen molar-refractivity contribution >= 4 is 26.8 Å². The minimum atomic E-state index is -0.162. The number of H-pyrrole nitrogens is 1. The van der Waals surface area contributed by atoms with Crippen LogP contribution in [-0.2, 0) is 0 Å². The molecule has 0 saturated carbocycles. The third-order valence-electron chi connectivity index (χ3n) is 1.88. The number of nitrogens with zero attached hydrogens (tertiary/aromatic N) is 1. The molecule has 1 aromatic heterocycles. The maximum Gasteiger partial charge on any atom is 0.259 e. The highest BCUT2D eigenvalue weighted by atomic mass is 79.9. The van der Waals surface area contributed by atoms with Crippen molar-refractivity contribution in [3.05, 3.63) is 33.3 Å². The summed E-state index contributed by atoms with van der Waals surface area (Å²) in [6.07, 6.45) is 0. The third kappa shape index (κ3) is 1.50. The van der Waals surface area contributed by atoms with Gasteiger partial charge < -0.3 is 9.72 Å². The van der Waals surface area contributed by atoms with Crippen LogP contribution in [0.2, 0.25) is 0 Å². The molecule has 0 atom stereocenters. The van der Waals surface area contributed by atoms with Gasteiger partial charge in [-0.15, -0.1) is 0 Å². The van der Waals surface area contributed by atoms with Gasteiger partial charge in [-0.2, -0.15) is 0 Å². The number of halogens is 1. The summed E-state index contributed by atoms with van der Waals surface area (Å²) in [5.41, 5.74) is 0.449. The van der Waals surface area contributed by atoms with E-state index in [2.05, 4.69) is 25.9 Å². The van der Waals surface area contributed by atoms with E-state index in [1.807, 2.05) is 0 Å². The number of methoxy groups -OCH3 is 1. The molecule has 0 amide bonds. The van der Waals surface area contributed by atoms with E-state index < -0.39 is 0 Å². The van der Waals surface area contributed by atoms with Crippen LogP contribution in [0.4, 0.5) is 0 Å². The molecule has 0 fully saturated rings. The fraction of sp³-hybridized carbons (Fsp3) is 0.111. The molecule has 4 nitrogen and oxygen atoms in total. The lowest BCUT2D eigenvalue weighted by Crippen LogP contribution is -2.07. The lowest BCUT2D eigenvalue weighted by molar-refractivity contribution is 0.415. The minimum absolute atomic E-state index is 0.162. The molecule has 2 aromatic rings. The average molecular weight is 255 g/mol. The van der Waals surface area contributed by atoms with Crippen molar-refractivity contribution in [3.63, 3.8) is 0 Å². The van der Waals surface area contributed by atoms with Gasteiger partial charge in [0, 0.05) is 6.07 Å². The monoisotopic (exact) mass is 254 g/mol. The summed E-state index contributed by atoms with van der Waals surface area (Å²) in [6, 6.07) is 5.13. The summed E-state index contributed by atoms with van der Waals surface area (Å²) in [7, 11) is 1.57. The fourth-order valence-electron chi connectivity index (χ4n) is 1.22. The second-order valence-electron chi connectivity index (χ2n) is 2.74. The number of hydrogen-bond donors (Lipinski definition) is 1. The fourth-order valence-corrected chi connectivity index (χ4v) is 1.59. The van der Waals surface area contributed by atoms with Crippen molar-refractivity contribution in [2.75, 3.05) is 7.11 Å². The van der Waals surface area contributed by atoms with E-state index in [0.717, 1.165) is 0 Å². The summed E-state index contributed by atoms with van der Waals surface area (Å²) in [6.45, 7) is 0. The molecule has 5 heteroatoms. The second-order valence-corrected chi connectivity index (χ2v) is 3.49. The molecule has 0 aliphatic rings. The maximum atomic E-state index is 11.4. The number of hydrogen-bond acceptors (Lipinski definition) is 3. The van der Waals surface area contributed by atoms with Crippen LogP contribution in [0.5, 0.6) is 5.75 Å². The Hall–Kier alpha value is -1.36. The Morgan fingerprint density at radius 2 is 2.29 bits per heavy atom. The summed E-state index contributed by atoms with van der Waals surface area (Å²) in [5.74, 6) is 0.683. The second kappa shape index (κ2) is 3.42. The van der Waals surface area contributed by atoms with E-state index in [0.29, 0.717) is 21.4 Å². The number of aromatic nitrogens is 2. The molecule has 0 aliphatic heterocycles. The van der Waals surface area contributed by atoms with E-state index in [-0.39, 0.29) is 5.56 Å². The van der Waals surface area contributed by atoms with Crippen molar-refractivity contribution in [3.8, 4) is 5.75 Å². The van der Waals surface area contributed by atoms with Crippen LogP contribution >= 0.6 is 15.9 Å². The molecule has 1 heterocycles. The molecule has 0 saturated heterocycles. The quantitative estimate of drug-likeness (QED) is 0.789. The van der Waals surface area contributed by atoms with E-state index >= 15 is 0 Å². The summed E-state index contributed by atoms with van der Waals surface area (Å²) < 4.78 is 5.45. The molecule has 1 N–H and O–H groups in total. The van der Waals surface area contributed by atoms with Crippen molar-refractivity contribution in [2.24, 2.45) is 0 Å². The Kier molecular flexibility index (Phi) is 2.25. The van der Waals surface area contributed by atoms with Crippen molar-refractivity contribution in [1.82, 2.24) is 9.97 Å². The van der Waals surface area contributed by atoms with Gasteiger partial charge in [0.05, 0.1) is 18.0 Å². The predicted octanol–water partition coefficient (Wildman–Crippen LogP) is 1.69. The molecule has 0 unspecified atom stereocenters. The largest absolute Gasteiger partial charge is 0.497 e. The highest BCUT2D eigenvalue weighted by Gasteiger charge is 2.02. The summed E-state index contributed by atoms with van der Waals surface area (Å²) in [5, 5.41) is 0.550. The Morgan fingerprint density at radius 3 is 3.00 bits per heavy atom. The molecule has 2 rings (SSSR count). The third-order valence-corrected chi connectivity index (χ3v) is 2.26. The lowest BCUT2D eigenvalue weighted by atomic mass is 10.2. The SMILES string of the molecule is COc1ccc2c(=O)[nH]c(Br)nc2c1. The first-order valence-electron chi connectivity index (χ1n) is 3.94. The topological polar surface area (TPSA) is 55.0 Å². The standard InChI is InChI=1S/C9H7BrN2O2/c1-14-5-2-3-6-7(4-5)11-9(10)12-8(6)13/h2-4H,1H3,(H,11,12,13). The molecular formula is C9H7BrN2O2. The smallest absolute Gasteiger partial charge is 0.259 e. The van der Waals surface area contributed by atoms with Gasteiger partial charge in [0.2, 0.25) is 0 Å². The van der Waals surface area contributed by atoms with Crippen LogP contribution in [0.1, 0.15) is 0 Å². The predicted molar refractivity (Wildman–Crippen MR) is 56.6 cm³/mol. The zero-order valence-electron chi connectivity index (χ0n) is 7.37. The van der Waals surface area contributed by atoms with Crippen LogP contribution < -0.4 is 10.3 Å². The van der Waals surface area contributed by atoms with Crippen molar-refractivity contribution < 1.29 is 4.74 Å². The van der Waals surface area contributed by atoms with E-state index in [1.165, 1.54) is 0 Å². The molecular weight excluding hydrogens is 248 g/mol. The zero-order valence-corrected chi connectivity index (χ0v) is 8.96. The number of nitrogens with one attached hydrogen (secondary N) is 1. The van der Waals surface area contributed by atoms with Gasteiger partial charge in [-0.05, 0) is 28.1 Å². The van der Waals surface area contributed by atoms with E-state index in [9.17, 15) is 4.79 Å². The number of benzene rings is 1. The van der Waals surface area contributed by atoms with Crippen molar-refractivity contribution in [1.29, 1.82) is 0 Å². The highest BCUT2D eigenvalue weighted by molar-refractivity contribution is 9.10. The molecule has 1 aromatic carbocycles. The normalized spacial score (nSPS) is 10.4. The zero-order chi connectivity index (χ0) is 10.1. The van der Waals surface area contributed by atoms with E-state index in [1.54, 1.807) is 25.3 Å². The van der Waals surface area contributed by atoms with Gasteiger partial charge in [0.25, 0.3) is 5.56 Å². The van der Waals surface area contributed by atoms with Crippen LogP contribution in [0.25, 0.3) is 10.9 Å². The van der Waals surface area contributed by atoms with Gasteiger partial charge in [0.1, 0.15) is 5.75 Å². The number of aromatic amines is 1. The Morgan fingerprint density at radius 1 is 1.50 bits per heavy atom. The highest BCUT2D eigenvalue weighted by Crippen LogP contribution is 2.16. The first kappa shape index (κ1) is 9.21. The Balaban J connectivity index is 2.82. The maximum absolute atomic E-state index is 11.4. The first-order chi connectivity index (χ1) is 6.70. The lowest BCUT2D eigenvalue weighted by Gasteiger charge is -2.01. The molecule has 0 aliphatic carbocycles. The van der Waals surface area contributed by atoms with Gasteiger partial charge in [0.15, 0.2) is 4.73 Å². The Labute approximate surface area is 88.1 Å². The van der Waals surface area contributed by atoms with Gasteiger partial charge in [-0.3, -0.25) is 4.79 Å².